The number of allylic oxidation sites excluding steroid dienone is 1. The topological polar surface area (TPSA) is 84.9 Å². The smallest absolute Gasteiger partial charge is 0.294 e. The van der Waals surface area contributed by atoms with Gasteiger partial charge in [0.15, 0.2) is 11.5 Å². The van der Waals surface area contributed by atoms with Crippen molar-refractivity contribution in [3.63, 3.8) is 0 Å². The number of benzene rings is 2. The summed E-state index contributed by atoms with van der Waals surface area (Å²) in [5.41, 5.74) is 5.19. The van der Waals surface area contributed by atoms with Gasteiger partial charge in [-0.1, -0.05) is 23.8 Å². The van der Waals surface area contributed by atoms with E-state index in [1.165, 1.54) is 0 Å². The summed E-state index contributed by atoms with van der Waals surface area (Å²) in [6.45, 7) is 14.0. The fourth-order valence-corrected chi connectivity index (χ4v) is 4.97. The van der Waals surface area contributed by atoms with Crippen LogP contribution in [-0.4, -0.2) is 41.7 Å². The SMILES string of the molecule is C=CCc1cc(/C=C2/SC(=O)N(CC(=O)Nc3c(C)cc(C)cc3C)C2=O)cc(OCC)c1OCC. The molecule has 3 rings (SSSR count). The van der Waals surface area contributed by atoms with Crippen LogP contribution >= 0.6 is 11.8 Å². The zero-order valence-electron chi connectivity index (χ0n) is 21.4. The Labute approximate surface area is 216 Å². The predicted molar refractivity (Wildman–Crippen MR) is 145 cm³/mol. The zero-order chi connectivity index (χ0) is 26.4. The highest BCUT2D eigenvalue weighted by molar-refractivity contribution is 8.18. The second kappa shape index (κ2) is 11.9. The number of aryl methyl sites for hydroxylation is 3. The Balaban J connectivity index is 1.83. The Morgan fingerprint density at radius 1 is 1.06 bits per heavy atom. The summed E-state index contributed by atoms with van der Waals surface area (Å²) in [5.74, 6) is 0.270. The molecular formula is C28H32N2O5S. The molecule has 8 heteroatoms. The van der Waals surface area contributed by atoms with Crippen LogP contribution in [0.4, 0.5) is 10.5 Å². The third-order valence-corrected chi connectivity index (χ3v) is 6.43. The number of amides is 3. The summed E-state index contributed by atoms with van der Waals surface area (Å²) < 4.78 is 11.6. The van der Waals surface area contributed by atoms with Crippen molar-refractivity contribution in [1.29, 1.82) is 0 Å². The van der Waals surface area contributed by atoms with Gasteiger partial charge in [-0.05, 0) is 87.7 Å². The minimum absolute atomic E-state index is 0.242. The van der Waals surface area contributed by atoms with E-state index in [0.717, 1.165) is 38.9 Å². The van der Waals surface area contributed by atoms with E-state index >= 15 is 0 Å². The van der Waals surface area contributed by atoms with Gasteiger partial charge in [-0.15, -0.1) is 6.58 Å². The van der Waals surface area contributed by atoms with Crippen LogP contribution in [0, 0.1) is 20.8 Å². The first-order valence-corrected chi connectivity index (χ1v) is 12.7. The molecule has 1 aliphatic heterocycles. The van der Waals surface area contributed by atoms with Crippen LogP contribution in [0.5, 0.6) is 11.5 Å². The minimum atomic E-state index is -0.505. The number of thioether (sulfide) groups is 1. The minimum Gasteiger partial charge on any atom is -0.490 e. The summed E-state index contributed by atoms with van der Waals surface area (Å²) in [7, 11) is 0. The van der Waals surface area contributed by atoms with Gasteiger partial charge in [0.05, 0.1) is 18.1 Å². The van der Waals surface area contributed by atoms with Crippen LogP contribution < -0.4 is 14.8 Å². The largest absolute Gasteiger partial charge is 0.490 e. The van der Waals surface area contributed by atoms with Gasteiger partial charge in [-0.25, -0.2) is 0 Å². The number of anilines is 1. The van der Waals surface area contributed by atoms with Crippen molar-refractivity contribution in [2.24, 2.45) is 0 Å². The van der Waals surface area contributed by atoms with Crippen LogP contribution in [0.3, 0.4) is 0 Å². The van der Waals surface area contributed by atoms with Gasteiger partial charge in [0.2, 0.25) is 5.91 Å². The molecule has 1 heterocycles. The number of nitrogens with one attached hydrogen (secondary N) is 1. The summed E-state index contributed by atoms with van der Waals surface area (Å²) in [4.78, 5) is 39.6. The molecule has 7 nitrogen and oxygen atoms in total. The van der Waals surface area contributed by atoms with Gasteiger partial charge >= 0.3 is 0 Å². The average Bonchev–Trinajstić information content (AvgIpc) is 3.06. The van der Waals surface area contributed by atoms with Gasteiger partial charge in [-0.2, -0.15) is 0 Å². The van der Waals surface area contributed by atoms with Crippen LogP contribution in [0.25, 0.3) is 6.08 Å². The monoisotopic (exact) mass is 508 g/mol. The molecule has 2 aromatic carbocycles. The van der Waals surface area contributed by atoms with E-state index in [-0.39, 0.29) is 11.4 Å². The number of hydrogen-bond donors (Lipinski definition) is 1. The molecule has 0 spiro atoms. The highest BCUT2D eigenvalue weighted by Crippen LogP contribution is 2.37. The number of nitrogens with zero attached hydrogens (tertiary/aromatic N) is 1. The lowest BCUT2D eigenvalue weighted by molar-refractivity contribution is -0.127. The molecule has 0 aliphatic carbocycles. The molecule has 2 aromatic rings. The normalized spacial score (nSPS) is 14.4. The number of carbonyl (C=O) groups is 3. The molecule has 1 aliphatic rings. The maximum absolute atomic E-state index is 13.0. The first-order chi connectivity index (χ1) is 17.2. The molecule has 0 unspecified atom stereocenters. The fraction of sp³-hybridized carbons (Fsp3) is 0.321. The first-order valence-electron chi connectivity index (χ1n) is 11.8. The van der Waals surface area contributed by atoms with Crippen molar-refractivity contribution in [2.75, 3.05) is 25.1 Å². The highest BCUT2D eigenvalue weighted by atomic mass is 32.2. The van der Waals surface area contributed by atoms with Crippen LogP contribution in [0.15, 0.2) is 41.8 Å². The molecule has 3 amide bonds. The van der Waals surface area contributed by atoms with Crippen LogP contribution in [0.2, 0.25) is 0 Å². The molecule has 0 bridgehead atoms. The van der Waals surface area contributed by atoms with E-state index < -0.39 is 17.1 Å². The number of imide groups is 1. The zero-order valence-corrected chi connectivity index (χ0v) is 22.2. The molecule has 1 saturated heterocycles. The predicted octanol–water partition coefficient (Wildman–Crippen LogP) is 5.81. The third-order valence-electron chi connectivity index (χ3n) is 5.52. The molecule has 1 N–H and O–H groups in total. The van der Waals surface area contributed by atoms with Crippen molar-refractivity contribution in [3.05, 3.63) is 69.6 Å². The molecule has 1 fully saturated rings. The summed E-state index contributed by atoms with van der Waals surface area (Å²) in [6.07, 6.45) is 3.96. The highest BCUT2D eigenvalue weighted by Gasteiger charge is 2.36. The van der Waals surface area contributed by atoms with Crippen molar-refractivity contribution >= 4 is 40.6 Å². The summed E-state index contributed by atoms with van der Waals surface area (Å²) >= 11 is 0.812. The molecule has 0 radical (unpaired) electrons. The summed E-state index contributed by atoms with van der Waals surface area (Å²) in [6, 6.07) is 7.61. The average molecular weight is 509 g/mol. The quantitative estimate of drug-likeness (QED) is 0.322. The number of hydrogen-bond acceptors (Lipinski definition) is 6. The van der Waals surface area contributed by atoms with Gasteiger partial charge in [0, 0.05) is 11.3 Å². The Kier molecular flexibility index (Phi) is 8.98. The van der Waals surface area contributed by atoms with Crippen molar-refractivity contribution in [2.45, 2.75) is 41.0 Å². The Hall–Kier alpha value is -3.52. The van der Waals surface area contributed by atoms with E-state index in [9.17, 15) is 14.4 Å². The van der Waals surface area contributed by atoms with E-state index in [4.69, 9.17) is 9.47 Å². The maximum Gasteiger partial charge on any atom is 0.294 e. The van der Waals surface area contributed by atoms with Gasteiger partial charge < -0.3 is 14.8 Å². The Morgan fingerprint density at radius 3 is 2.33 bits per heavy atom. The number of rotatable bonds is 10. The van der Waals surface area contributed by atoms with E-state index in [1.807, 2.05) is 52.8 Å². The van der Waals surface area contributed by atoms with Crippen LogP contribution in [-0.2, 0) is 16.0 Å². The van der Waals surface area contributed by atoms with Crippen molar-refractivity contribution < 1.29 is 23.9 Å². The first kappa shape index (κ1) is 27.1. The van der Waals surface area contributed by atoms with Gasteiger partial charge in [-0.3, -0.25) is 19.3 Å². The Bertz CT molecular complexity index is 1210. The number of carbonyl (C=O) groups excluding carboxylic acids is 3. The standard InChI is InChI=1S/C28H32N2O5S/c1-7-10-21-13-20(14-22(34-8-2)26(21)35-9-3)15-23-27(32)30(28(33)36-23)16-24(31)29-25-18(5)11-17(4)12-19(25)6/h7,11-15H,1,8-10,16H2,2-6H3,(H,29,31)/b23-15+. The molecule has 0 atom stereocenters. The fourth-order valence-electron chi connectivity index (χ4n) is 4.13. The summed E-state index contributed by atoms with van der Waals surface area (Å²) in [5, 5.41) is 2.36. The second-order valence-corrected chi connectivity index (χ2v) is 9.45. The molecule has 0 saturated carbocycles. The van der Waals surface area contributed by atoms with E-state index in [0.29, 0.717) is 42.4 Å². The van der Waals surface area contributed by atoms with Gasteiger partial charge in [0.25, 0.3) is 11.1 Å². The second-order valence-electron chi connectivity index (χ2n) is 8.46. The molecule has 36 heavy (non-hydrogen) atoms. The van der Waals surface area contributed by atoms with Crippen molar-refractivity contribution in [1.82, 2.24) is 4.90 Å². The van der Waals surface area contributed by atoms with Crippen LogP contribution in [0.1, 0.15) is 41.7 Å². The third kappa shape index (κ3) is 6.18. The maximum atomic E-state index is 13.0. The Morgan fingerprint density at radius 2 is 1.72 bits per heavy atom. The lowest BCUT2D eigenvalue weighted by Crippen LogP contribution is -2.36. The molecule has 190 valence electrons. The van der Waals surface area contributed by atoms with E-state index in [2.05, 4.69) is 11.9 Å². The van der Waals surface area contributed by atoms with Crippen molar-refractivity contribution in [3.8, 4) is 11.5 Å². The molecule has 0 aromatic heterocycles. The number of ether oxygens (including phenoxy) is 2. The van der Waals surface area contributed by atoms with E-state index in [1.54, 1.807) is 18.2 Å². The van der Waals surface area contributed by atoms with Gasteiger partial charge in [0.1, 0.15) is 6.54 Å². The lowest BCUT2D eigenvalue weighted by Gasteiger charge is -2.16. The lowest BCUT2D eigenvalue weighted by atomic mass is 10.0. The molecular weight excluding hydrogens is 476 g/mol.